The minimum atomic E-state index is 0.545. The summed E-state index contributed by atoms with van der Waals surface area (Å²) in [5.74, 6) is 1.17. The summed E-state index contributed by atoms with van der Waals surface area (Å²) in [6.45, 7) is 0. The van der Waals surface area contributed by atoms with Crippen molar-refractivity contribution in [3.63, 3.8) is 0 Å². The van der Waals surface area contributed by atoms with E-state index >= 15 is 0 Å². The molecule has 4 aromatic rings. The van der Waals surface area contributed by atoms with Crippen LogP contribution in [0, 0.1) is 0 Å². The van der Waals surface area contributed by atoms with Gasteiger partial charge in [0, 0.05) is 24.0 Å². The molecule has 1 aromatic carbocycles. The van der Waals surface area contributed by atoms with Gasteiger partial charge in [-0.1, -0.05) is 17.7 Å². The van der Waals surface area contributed by atoms with E-state index in [1.165, 1.54) is 0 Å². The number of aryl methyl sites for hydroxylation is 1. The molecule has 7 heteroatoms. The van der Waals surface area contributed by atoms with E-state index in [2.05, 4.69) is 25.3 Å². The predicted molar refractivity (Wildman–Crippen MR) is 94.3 cm³/mol. The number of nitrogens with zero attached hydrogens (tertiary/aromatic N) is 5. The van der Waals surface area contributed by atoms with Crippen LogP contribution in [-0.4, -0.2) is 24.5 Å². The molecule has 0 spiro atoms. The van der Waals surface area contributed by atoms with Crippen molar-refractivity contribution in [2.45, 2.75) is 0 Å². The third-order valence-corrected chi connectivity index (χ3v) is 3.81. The van der Waals surface area contributed by atoms with Crippen molar-refractivity contribution in [2.24, 2.45) is 7.05 Å². The summed E-state index contributed by atoms with van der Waals surface area (Å²) in [4.78, 5) is 17.9. The van der Waals surface area contributed by atoms with Crippen LogP contribution >= 0.6 is 11.6 Å². The van der Waals surface area contributed by atoms with E-state index in [4.69, 9.17) is 11.6 Å². The summed E-state index contributed by atoms with van der Waals surface area (Å²) in [6.07, 6.45) is 3.44. The van der Waals surface area contributed by atoms with Crippen molar-refractivity contribution in [2.75, 3.05) is 5.32 Å². The van der Waals surface area contributed by atoms with E-state index in [1.54, 1.807) is 12.5 Å². The van der Waals surface area contributed by atoms with Crippen LogP contribution in [-0.2, 0) is 7.05 Å². The molecule has 0 saturated carbocycles. The van der Waals surface area contributed by atoms with E-state index in [-0.39, 0.29) is 0 Å². The summed E-state index contributed by atoms with van der Waals surface area (Å²) < 4.78 is 1.86. The largest absolute Gasteiger partial charge is 0.338 e. The Morgan fingerprint density at radius 2 is 1.83 bits per heavy atom. The van der Waals surface area contributed by atoms with Gasteiger partial charge in [-0.25, -0.2) is 15.0 Å². The Hall–Kier alpha value is -2.99. The van der Waals surface area contributed by atoms with Gasteiger partial charge in [0.05, 0.1) is 6.33 Å². The lowest BCUT2D eigenvalue weighted by Crippen LogP contribution is -2.01. The fourth-order valence-corrected chi connectivity index (χ4v) is 2.50. The minimum Gasteiger partial charge on any atom is -0.338 e. The van der Waals surface area contributed by atoms with E-state index in [0.29, 0.717) is 27.9 Å². The molecule has 0 unspecified atom stereocenters. The highest BCUT2D eigenvalue weighted by atomic mass is 35.5. The van der Waals surface area contributed by atoms with Crippen LogP contribution in [0.3, 0.4) is 0 Å². The van der Waals surface area contributed by atoms with E-state index in [0.717, 1.165) is 11.3 Å². The molecule has 1 N–H and O–H groups in total. The molecule has 3 aromatic heterocycles. The lowest BCUT2D eigenvalue weighted by atomic mass is 10.3. The van der Waals surface area contributed by atoms with Gasteiger partial charge in [0.25, 0.3) is 0 Å². The van der Waals surface area contributed by atoms with Gasteiger partial charge in [0.1, 0.15) is 5.69 Å². The van der Waals surface area contributed by atoms with Crippen molar-refractivity contribution >= 4 is 34.3 Å². The first kappa shape index (κ1) is 14.6. The number of pyridine rings is 1. The fourth-order valence-electron chi connectivity index (χ4n) is 2.37. The number of halogens is 1. The zero-order valence-corrected chi connectivity index (χ0v) is 13.6. The van der Waals surface area contributed by atoms with Crippen LogP contribution in [0.15, 0.2) is 55.0 Å². The Labute approximate surface area is 143 Å². The van der Waals surface area contributed by atoms with Crippen molar-refractivity contribution in [1.82, 2.24) is 24.5 Å². The standard InChI is InChI=1S/C17H13ClN6/c1-24-10-20-14-16(21-12-7-5-11(18)6-8-12)22-15(23-17(14)24)13-4-2-3-9-19-13/h2-10H,1H3,(H,21,22,23). The number of hydrogen-bond donors (Lipinski definition) is 1. The number of rotatable bonds is 3. The first-order chi connectivity index (χ1) is 11.7. The molecular weight excluding hydrogens is 324 g/mol. The molecule has 0 aliphatic rings. The molecule has 24 heavy (non-hydrogen) atoms. The molecule has 118 valence electrons. The molecule has 3 heterocycles. The minimum absolute atomic E-state index is 0.545. The van der Waals surface area contributed by atoms with Crippen LogP contribution in [0.2, 0.25) is 5.02 Å². The summed E-state index contributed by atoms with van der Waals surface area (Å²) in [7, 11) is 1.90. The molecule has 0 aliphatic carbocycles. The van der Waals surface area contributed by atoms with Crippen LogP contribution in [0.5, 0.6) is 0 Å². The molecule has 0 aliphatic heterocycles. The molecule has 0 atom stereocenters. The van der Waals surface area contributed by atoms with Gasteiger partial charge < -0.3 is 9.88 Å². The Balaban J connectivity index is 1.85. The molecular formula is C17H13ClN6. The SMILES string of the molecule is Cn1cnc2c(Nc3ccc(Cl)cc3)nc(-c3ccccn3)nc21. The van der Waals surface area contributed by atoms with Crippen molar-refractivity contribution in [1.29, 1.82) is 0 Å². The average molecular weight is 337 g/mol. The van der Waals surface area contributed by atoms with Gasteiger partial charge in [-0.2, -0.15) is 0 Å². The highest BCUT2D eigenvalue weighted by Gasteiger charge is 2.14. The maximum Gasteiger partial charge on any atom is 0.182 e. The Morgan fingerprint density at radius 3 is 2.58 bits per heavy atom. The smallest absolute Gasteiger partial charge is 0.182 e. The maximum absolute atomic E-state index is 5.94. The topological polar surface area (TPSA) is 68.5 Å². The lowest BCUT2D eigenvalue weighted by Gasteiger charge is -2.08. The molecule has 6 nitrogen and oxygen atoms in total. The van der Waals surface area contributed by atoms with E-state index < -0.39 is 0 Å². The summed E-state index contributed by atoms with van der Waals surface area (Å²) in [5, 5.41) is 3.97. The third kappa shape index (κ3) is 2.68. The molecule has 0 fully saturated rings. The van der Waals surface area contributed by atoms with Crippen molar-refractivity contribution in [3.05, 3.63) is 60.0 Å². The second kappa shape index (κ2) is 5.90. The van der Waals surface area contributed by atoms with Gasteiger partial charge in [-0.15, -0.1) is 0 Å². The van der Waals surface area contributed by atoms with E-state index in [9.17, 15) is 0 Å². The normalized spacial score (nSPS) is 10.9. The zero-order chi connectivity index (χ0) is 16.5. The molecule has 0 radical (unpaired) electrons. The summed E-state index contributed by atoms with van der Waals surface area (Å²) >= 11 is 5.94. The number of imidazole rings is 1. The maximum atomic E-state index is 5.94. The van der Waals surface area contributed by atoms with Crippen LogP contribution in [0.25, 0.3) is 22.7 Å². The predicted octanol–water partition coefficient (Wildman–Crippen LogP) is 3.82. The van der Waals surface area contributed by atoms with Crippen molar-refractivity contribution < 1.29 is 0 Å². The number of anilines is 2. The number of aromatic nitrogens is 5. The van der Waals surface area contributed by atoms with Crippen LogP contribution in [0.4, 0.5) is 11.5 Å². The lowest BCUT2D eigenvalue weighted by molar-refractivity contribution is 0.928. The zero-order valence-electron chi connectivity index (χ0n) is 12.8. The highest BCUT2D eigenvalue weighted by Crippen LogP contribution is 2.26. The monoisotopic (exact) mass is 336 g/mol. The first-order valence-electron chi connectivity index (χ1n) is 7.34. The molecule has 4 rings (SSSR count). The number of benzene rings is 1. The van der Waals surface area contributed by atoms with Gasteiger partial charge >= 0.3 is 0 Å². The van der Waals surface area contributed by atoms with Gasteiger partial charge in [-0.05, 0) is 36.4 Å². The second-order valence-corrected chi connectivity index (χ2v) is 5.71. The van der Waals surface area contributed by atoms with Gasteiger partial charge in [0.2, 0.25) is 0 Å². The Kier molecular flexibility index (Phi) is 3.59. The third-order valence-electron chi connectivity index (χ3n) is 3.56. The molecule has 0 amide bonds. The quantitative estimate of drug-likeness (QED) is 0.616. The number of hydrogen-bond acceptors (Lipinski definition) is 5. The molecule has 0 saturated heterocycles. The highest BCUT2D eigenvalue weighted by molar-refractivity contribution is 6.30. The average Bonchev–Trinajstić information content (AvgIpc) is 2.99. The van der Waals surface area contributed by atoms with Gasteiger partial charge in [0.15, 0.2) is 22.8 Å². The number of nitrogens with one attached hydrogen (secondary N) is 1. The number of fused-ring (bicyclic) bond motifs is 1. The van der Waals surface area contributed by atoms with Crippen LogP contribution in [0.1, 0.15) is 0 Å². The van der Waals surface area contributed by atoms with E-state index in [1.807, 2.05) is 54.1 Å². The fraction of sp³-hybridized carbons (Fsp3) is 0.0588. The molecule has 0 bridgehead atoms. The van der Waals surface area contributed by atoms with Gasteiger partial charge in [-0.3, -0.25) is 4.98 Å². The summed E-state index contributed by atoms with van der Waals surface area (Å²) in [5.41, 5.74) is 3.02. The summed E-state index contributed by atoms with van der Waals surface area (Å²) in [6, 6.07) is 13.1. The second-order valence-electron chi connectivity index (χ2n) is 5.27. The van der Waals surface area contributed by atoms with Crippen LogP contribution < -0.4 is 5.32 Å². The van der Waals surface area contributed by atoms with Crippen molar-refractivity contribution in [3.8, 4) is 11.5 Å². The first-order valence-corrected chi connectivity index (χ1v) is 7.71. The Bertz CT molecular complexity index is 995. The Morgan fingerprint density at radius 1 is 1.00 bits per heavy atom.